The molecule has 0 radical (unpaired) electrons. The van der Waals surface area contributed by atoms with Gasteiger partial charge in [0.25, 0.3) is 0 Å². The Hall–Kier alpha value is -5.08. The Labute approximate surface area is 316 Å². The number of halogens is 3. The van der Waals surface area contributed by atoms with E-state index in [1.54, 1.807) is 16.9 Å². The molecule has 3 aliphatic heterocycles. The van der Waals surface area contributed by atoms with Crippen LogP contribution in [0.2, 0.25) is 5.02 Å². The highest BCUT2D eigenvalue weighted by atomic mass is 35.5. The number of rotatable bonds is 8. The number of nitrogens with one attached hydrogen (secondary N) is 2. The van der Waals surface area contributed by atoms with Crippen LogP contribution in [0, 0.1) is 24.5 Å². The number of imide groups is 1. The van der Waals surface area contributed by atoms with Crippen LogP contribution in [-0.4, -0.2) is 86.8 Å². The molecule has 3 aliphatic rings. The molecule has 3 aromatic heterocycles. The predicted molar refractivity (Wildman–Crippen MR) is 202 cm³/mol. The second kappa shape index (κ2) is 14.6. The Bertz CT molecular complexity index is 2220. The number of nitrogens with zero attached hydrogens (tertiary/aromatic N) is 7. The molecule has 54 heavy (non-hydrogen) atoms. The first kappa shape index (κ1) is 35.9. The second-order valence-electron chi connectivity index (χ2n) is 14.7. The van der Waals surface area contributed by atoms with Gasteiger partial charge in [-0.15, -0.1) is 0 Å². The zero-order valence-electron chi connectivity index (χ0n) is 30.4. The minimum Gasteiger partial charge on any atom is -0.453 e. The molecule has 0 bridgehead atoms. The number of fused-ring (bicyclic) bond motifs is 1. The van der Waals surface area contributed by atoms with E-state index in [-0.39, 0.29) is 30.0 Å². The smallest absolute Gasteiger partial charge is 0.234 e. The monoisotopic (exact) mass is 757 g/mol. The third-order valence-electron chi connectivity index (χ3n) is 11.0. The van der Waals surface area contributed by atoms with E-state index >= 15 is 8.78 Å². The number of hydrogen-bond acceptors (Lipinski definition) is 9. The third kappa shape index (κ3) is 7.00. The van der Waals surface area contributed by atoms with E-state index in [4.69, 9.17) is 16.3 Å². The molecule has 15 heteroatoms. The number of aromatic nitrogens is 5. The lowest BCUT2D eigenvalue weighted by Crippen LogP contribution is -2.53. The summed E-state index contributed by atoms with van der Waals surface area (Å²) in [5.74, 6) is -1.55. The van der Waals surface area contributed by atoms with Crippen LogP contribution in [0.15, 0.2) is 48.8 Å². The van der Waals surface area contributed by atoms with E-state index in [0.29, 0.717) is 58.6 Å². The summed E-state index contributed by atoms with van der Waals surface area (Å²) in [6.07, 6.45) is 5.49. The van der Waals surface area contributed by atoms with Gasteiger partial charge in [0.1, 0.15) is 22.1 Å². The predicted octanol–water partition coefficient (Wildman–Crippen LogP) is 6.34. The van der Waals surface area contributed by atoms with Crippen LogP contribution in [0.5, 0.6) is 11.5 Å². The van der Waals surface area contributed by atoms with Gasteiger partial charge in [-0.25, -0.2) is 18.7 Å². The fourth-order valence-electron chi connectivity index (χ4n) is 8.16. The lowest BCUT2D eigenvalue weighted by atomic mass is 9.89. The number of aryl methyl sites for hydroxylation is 2. The van der Waals surface area contributed by atoms with Gasteiger partial charge >= 0.3 is 0 Å². The Balaban J connectivity index is 0.850. The number of ether oxygens (including phenoxy) is 1. The maximum Gasteiger partial charge on any atom is 0.234 e. The fourth-order valence-corrected chi connectivity index (χ4v) is 8.34. The van der Waals surface area contributed by atoms with Crippen molar-refractivity contribution in [3.63, 3.8) is 0 Å². The number of benzene rings is 2. The summed E-state index contributed by atoms with van der Waals surface area (Å²) in [7, 11) is 1.87. The number of carbonyl (C=O) groups is 2. The minimum absolute atomic E-state index is 0.00521. The molecule has 0 aliphatic carbocycles. The number of amides is 2. The first-order valence-corrected chi connectivity index (χ1v) is 18.8. The minimum atomic E-state index is -1.00. The molecule has 2 N–H and O–H groups in total. The van der Waals surface area contributed by atoms with Crippen molar-refractivity contribution in [1.29, 1.82) is 0 Å². The Morgan fingerprint density at radius 1 is 1.00 bits per heavy atom. The van der Waals surface area contributed by atoms with Gasteiger partial charge in [0.2, 0.25) is 11.8 Å². The molecule has 6 heterocycles. The number of piperidine rings is 2. The van der Waals surface area contributed by atoms with E-state index in [1.807, 2.05) is 37.2 Å². The standard InChI is InChI=1S/C39H42ClF2N9O3/c1-22-19-49(20-24-12-14-50(15-13-24)31-10-8-27(33(41)34(31)42)28-9-11-32(52)44-39(28)53)16-17-51(22)25-4-6-26(7-5-25)54-36-30(40)18-43-38-35(36)45-37(46-38)29-21-48(3)47-23(29)2/h4-8,10,18,21-22,24,28H,9,11-17,19-20H2,1-3H3,(H,43,45,46)(H,44,52,53)/t22-,28-/m1/s1. The summed E-state index contributed by atoms with van der Waals surface area (Å²) in [5.41, 5.74) is 4.19. The Kier molecular flexibility index (Phi) is 9.73. The number of hydrogen-bond donors (Lipinski definition) is 2. The van der Waals surface area contributed by atoms with Crippen molar-refractivity contribution in [1.82, 2.24) is 34.9 Å². The number of pyridine rings is 1. The molecule has 2 aromatic carbocycles. The third-order valence-corrected chi connectivity index (χ3v) is 11.2. The highest BCUT2D eigenvalue weighted by Crippen LogP contribution is 2.38. The average Bonchev–Trinajstić information content (AvgIpc) is 3.74. The number of aromatic amines is 1. The van der Waals surface area contributed by atoms with Crippen LogP contribution >= 0.6 is 11.6 Å². The van der Waals surface area contributed by atoms with Gasteiger partial charge in [-0.05, 0) is 69.4 Å². The molecule has 2 amide bonds. The summed E-state index contributed by atoms with van der Waals surface area (Å²) in [6.45, 7) is 9.11. The van der Waals surface area contributed by atoms with Crippen LogP contribution in [0.25, 0.3) is 22.6 Å². The summed E-state index contributed by atoms with van der Waals surface area (Å²) >= 11 is 6.57. The highest BCUT2D eigenvalue weighted by molar-refractivity contribution is 6.32. The Morgan fingerprint density at radius 2 is 1.78 bits per heavy atom. The number of anilines is 2. The molecule has 8 rings (SSSR count). The van der Waals surface area contributed by atoms with Crippen molar-refractivity contribution in [2.45, 2.75) is 51.5 Å². The van der Waals surface area contributed by atoms with Crippen molar-refractivity contribution < 1.29 is 23.1 Å². The van der Waals surface area contributed by atoms with Crippen LogP contribution in [-0.2, 0) is 16.6 Å². The van der Waals surface area contributed by atoms with Gasteiger partial charge in [0, 0.05) is 76.2 Å². The summed E-state index contributed by atoms with van der Waals surface area (Å²) in [4.78, 5) is 43.0. The molecule has 0 spiro atoms. The van der Waals surface area contributed by atoms with Crippen molar-refractivity contribution >= 4 is 46.0 Å². The van der Waals surface area contributed by atoms with Crippen molar-refractivity contribution in [2.75, 3.05) is 49.1 Å². The van der Waals surface area contributed by atoms with E-state index in [1.165, 1.54) is 6.07 Å². The van der Waals surface area contributed by atoms with E-state index in [2.05, 4.69) is 54.2 Å². The largest absolute Gasteiger partial charge is 0.453 e. The first-order chi connectivity index (χ1) is 26.0. The van der Waals surface area contributed by atoms with Gasteiger partial charge in [0.05, 0.1) is 29.1 Å². The van der Waals surface area contributed by atoms with Crippen LogP contribution in [0.1, 0.15) is 49.8 Å². The number of imidazole rings is 1. The van der Waals surface area contributed by atoms with Crippen molar-refractivity contribution in [2.24, 2.45) is 13.0 Å². The average molecular weight is 758 g/mol. The number of H-pyrrole nitrogens is 1. The molecule has 0 unspecified atom stereocenters. The van der Waals surface area contributed by atoms with Crippen LogP contribution in [0.4, 0.5) is 20.2 Å². The van der Waals surface area contributed by atoms with Gasteiger partial charge < -0.3 is 19.5 Å². The fraction of sp³-hybridized carbons (Fsp3) is 0.410. The van der Waals surface area contributed by atoms with Gasteiger partial charge in [-0.3, -0.25) is 24.5 Å². The summed E-state index contributed by atoms with van der Waals surface area (Å²) < 4.78 is 38.5. The van der Waals surface area contributed by atoms with Crippen LogP contribution in [0.3, 0.4) is 0 Å². The topological polar surface area (TPSA) is 125 Å². The molecule has 3 saturated heterocycles. The summed E-state index contributed by atoms with van der Waals surface area (Å²) in [5, 5.41) is 7.02. The van der Waals surface area contributed by atoms with Crippen molar-refractivity contribution in [3.05, 3.63) is 76.7 Å². The van der Waals surface area contributed by atoms with Gasteiger partial charge in [0.15, 0.2) is 23.0 Å². The van der Waals surface area contributed by atoms with Gasteiger partial charge in [-0.2, -0.15) is 5.10 Å². The molecule has 5 aromatic rings. The maximum atomic E-state index is 15.3. The van der Waals surface area contributed by atoms with Gasteiger partial charge in [-0.1, -0.05) is 17.7 Å². The van der Waals surface area contributed by atoms with Crippen molar-refractivity contribution in [3.8, 4) is 22.9 Å². The SMILES string of the molecule is Cc1nn(C)cc1-c1nc2ncc(Cl)c(Oc3ccc(N4CCN(CC5CCN(c6ccc([C@H]7CCC(=O)NC7=O)c(F)c6F)CC5)C[C@H]4C)cc3)c2[nH]1. The second-order valence-corrected chi connectivity index (χ2v) is 15.1. The number of carbonyl (C=O) groups excluding carboxylic acids is 2. The number of piperazine rings is 1. The Morgan fingerprint density at radius 3 is 2.48 bits per heavy atom. The zero-order chi connectivity index (χ0) is 37.7. The molecular formula is C39H42ClF2N9O3. The zero-order valence-corrected chi connectivity index (χ0v) is 31.2. The highest BCUT2D eigenvalue weighted by Gasteiger charge is 2.33. The maximum absolute atomic E-state index is 15.3. The van der Waals surface area contributed by atoms with E-state index in [0.717, 1.165) is 56.0 Å². The molecule has 2 atom stereocenters. The molecule has 12 nitrogen and oxygen atoms in total. The van der Waals surface area contributed by atoms with E-state index in [9.17, 15) is 9.59 Å². The lowest BCUT2D eigenvalue weighted by Gasteiger charge is -2.43. The normalized spacial score (nSPS) is 20.2. The quantitative estimate of drug-likeness (QED) is 0.175. The molecule has 282 valence electrons. The molecular weight excluding hydrogens is 716 g/mol. The van der Waals surface area contributed by atoms with Crippen LogP contribution < -0.4 is 19.9 Å². The molecule has 3 fully saturated rings. The lowest BCUT2D eigenvalue weighted by molar-refractivity contribution is -0.134. The molecule has 0 saturated carbocycles. The van der Waals surface area contributed by atoms with E-state index < -0.39 is 23.5 Å². The first-order valence-electron chi connectivity index (χ1n) is 18.4. The summed E-state index contributed by atoms with van der Waals surface area (Å²) in [6, 6.07) is 11.4.